The molecule has 3 rings (SSSR count). The molecule has 3 heterocycles. The Bertz CT molecular complexity index is 1080. The van der Waals surface area contributed by atoms with Gasteiger partial charge in [0.05, 0.1) is 25.8 Å². The van der Waals surface area contributed by atoms with Crippen LogP contribution in [0.3, 0.4) is 0 Å². The van der Waals surface area contributed by atoms with Gasteiger partial charge >= 0.3 is 16.2 Å². The quantitative estimate of drug-likeness (QED) is 0.262. The lowest BCUT2D eigenvalue weighted by molar-refractivity contribution is -0.144. The van der Waals surface area contributed by atoms with Gasteiger partial charge in [0.1, 0.15) is 16.5 Å². The topological polar surface area (TPSA) is 202 Å². The summed E-state index contributed by atoms with van der Waals surface area (Å²) in [7, 11) is -3.89. The largest absolute Gasteiger partial charge is 0.369 e. The van der Waals surface area contributed by atoms with Crippen LogP contribution in [-0.2, 0) is 35.3 Å². The van der Waals surface area contributed by atoms with Gasteiger partial charge in [-0.25, -0.2) is 14.4 Å². The summed E-state index contributed by atoms with van der Waals surface area (Å²) in [6.07, 6.45) is -0.182. The highest BCUT2D eigenvalue weighted by atomic mass is 32.2. The molecule has 2 aliphatic heterocycles. The molecule has 1 fully saturated rings. The Kier molecular flexibility index (Phi) is 6.60. The molecule has 2 aliphatic rings. The number of amides is 4. The molecular formula is C14H20N8O6S3. The maximum absolute atomic E-state index is 12.6. The van der Waals surface area contributed by atoms with E-state index in [1.165, 1.54) is 18.1 Å². The molecule has 4 amide bonds. The van der Waals surface area contributed by atoms with Gasteiger partial charge < -0.3 is 16.4 Å². The number of aryl methyl sites for hydroxylation is 1. The second-order valence-corrected chi connectivity index (χ2v) is 10.2. The lowest BCUT2D eigenvalue weighted by Crippen LogP contribution is -2.69. The Morgan fingerprint density at radius 3 is 2.74 bits per heavy atom. The summed E-state index contributed by atoms with van der Waals surface area (Å²) < 4.78 is 36.0. The second-order valence-electron chi connectivity index (χ2n) is 6.46. The number of nitrogens with one attached hydrogen (secondary N) is 2. The number of primary amides is 1. The van der Waals surface area contributed by atoms with Crippen molar-refractivity contribution in [2.24, 2.45) is 16.0 Å². The zero-order valence-corrected chi connectivity index (χ0v) is 18.8. The predicted molar refractivity (Wildman–Crippen MR) is 112 cm³/mol. The maximum Gasteiger partial charge on any atom is 0.339 e. The molecule has 31 heavy (non-hydrogen) atoms. The van der Waals surface area contributed by atoms with Crippen molar-refractivity contribution in [1.29, 1.82) is 0 Å². The van der Waals surface area contributed by atoms with Crippen molar-refractivity contribution in [3.05, 3.63) is 22.9 Å². The third-order valence-electron chi connectivity index (χ3n) is 4.20. The van der Waals surface area contributed by atoms with Gasteiger partial charge in [-0.3, -0.25) is 19.2 Å². The molecule has 170 valence electrons. The number of aromatic nitrogens is 1. The minimum atomic E-state index is -4.27. The highest BCUT2D eigenvalue weighted by molar-refractivity contribution is 7.91. The Balaban J connectivity index is 1.67. The highest BCUT2D eigenvalue weighted by Crippen LogP contribution is 2.31. The normalized spacial score (nSPS) is 23.5. The van der Waals surface area contributed by atoms with E-state index in [1.54, 1.807) is 17.1 Å². The molecule has 6 N–H and O–H groups in total. The van der Waals surface area contributed by atoms with Gasteiger partial charge in [0.15, 0.2) is 0 Å². The number of urea groups is 1. The van der Waals surface area contributed by atoms with Crippen LogP contribution in [0.1, 0.15) is 12.1 Å². The summed E-state index contributed by atoms with van der Waals surface area (Å²) in [4.78, 5) is 43.2. The Labute approximate surface area is 184 Å². The van der Waals surface area contributed by atoms with Crippen LogP contribution in [0.15, 0.2) is 21.7 Å². The number of anilines is 1. The molecule has 1 aromatic heterocycles. The molecule has 0 aromatic carbocycles. The van der Waals surface area contributed by atoms with Crippen molar-refractivity contribution in [2.75, 3.05) is 18.4 Å². The van der Waals surface area contributed by atoms with Crippen LogP contribution in [0.5, 0.6) is 0 Å². The molecule has 17 heteroatoms. The summed E-state index contributed by atoms with van der Waals surface area (Å²) >= 11 is 0.904. The number of imide groups is 1. The standard InChI is InChI=1S/C14H20N8O6S3/c1-7-3-11(29-17-7)18-31(26,27)19-14(25)21-5-9(12(21)24)22-8(4-10(15)23)6-30(13(22)16)20-28-2/h3,6,9,13,18H,4-5,16H2,1-2H3,(H2,15,23)(H,19,25). The van der Waals surface area contributed by atoms with Gasteiger partial charge in [0.25, 0.3) is 5.91 Å². The summed E-state index contributed by atoms with van der Waals surface area (Å²) in [5, 5.41) is 1.80. The third kappa shape index (κ3) is 5.01. The van der Waals surface area contributed by atoms with Crippen molar-refractivity contribution in [1.82, 2.24) is 18.9 Å². The van der Waals surface area contributed by atoms with Crippen LogP contribution in [0.4, 0.5) is 9.80 Å². The van der Waals surface area contributed by atoms with Gasteiger partial charge in [-0.15, -0.1) is 4.53 Å². The number of rotatable bonds is 7. The SMILES string of the molecule is CO/N=S1/C=C(CC(N)=O)N(C2CN(C(=O)NS(=O)(=O)Nc3cc(C)ns3)C2=O)C1N. The van der Waals surface area contributed by atoms with Crippen molar-refractivity contribution in [3.8, 4) is 0 Å². The third-order valence-corrected chi connectivity index (χ3v) is 7.61. The Morgan fingerprint density at radius 1 is 1.48 bits per heavy atom. The molecule has 0 radical (unpaired) electrons. The molecular weight excluding hydrogens is 472 g/mol. The first kappa shape index (κ1) is 23.1. The van der Waals surface area contributed by atoms with Crippen molar-refractivity contribution >= 4 is 55.3 Å². The lowest BCUT2D eigenvalue weighted by Gasteiger charge is -2.44. The van der Waals surface area contributed by atoms with E-state index in [2.05, 4.69) is 13.6 Å². The van der Waals surface area contributed by atoms with E-state index < -0.39 is 50.3 Å². The zero-order valence-electron chi connectivity index (χ0n) is 16.3. The smallest absolute Gasteiger partial charge is 0.339 e. The number of nitrogens with two attached hydrogens (primary N) is 2. The lowest BCUT2D eigenvalue weighted by atomic mass is 10.1. The first-order valence-electron chi connectivity index (χ1n) is 8.60. The molecule has 1 saturated heterocycles. The fraction of sp³-hybridized carbons (Fsp3) is 0.429. The number of carbonyl (C=O) groups is 3. The van der Waals surface area contributed by atoms with E-state index in [1.807, 2.05) is 0 Å². The molecule has 14 nitrogen and oxygen atoms in total. The average Bonchev–Trinajstić information content (AvgIpc) is 3.17. The van der Waals surface area contributed by atoms with Gasteiger partial charge in [-0.05, 0) is 35.2 Å². The Morgan fingerprint density at radius 2 is 2.19 bits per heavy atom. The number of β-lactam (4-membered cyclic amide) rings is 1. The van der Waals surface area contributed by atoms with E-state index in [9.17, 15) is 22.8 Å². The summed E-state index contributed by atoms with van der Waals surface area (Å²) in [6.45, 7) is 1.54. The molecule has 0 bridgehead atoms. The molecule has 0 aliphatic carbocycles. The van der Waals surface area contributed by atoms with Crippen LogP contribution in [-0.4, -0.2) is 65.6 Å². The first-order chi connectivity index (χ1) is 14.5. The molecule has 0 spiro atoms. The van der Waals surface area contributed by atoms with Crippen LogP contribution < -0.4 is 20.9 Å². The number of carbonyl (C=O) groups excluding carboxylic acids is 3. The fourth-order valence-electron chi connectivity index (χ4n) is 2.93. The monoisotopic (exact) mass is 492 g/mol. The minimum Gasteiger partial charge on any atom is -0.369 e. The predicted octanol–water partition coefficient (Wildman–Crippen LogP) is -1.33. The summed E-state index contributed by atoms with van der Waals surface area (Å²) in [5.74, 6) is -1.32. The fourth-order valence-corrected chi connectivity index (χ4v) is 6.08. The van der Waals surface area contributed by atoms with E-state index in [0.717, 1.165) is 16.4 Å². The summed E-state index contributed by atoms with van der Waals surface area (Å²) in [6, 6.07) is -0.512. The molecule has 1 aromatic rings. The number of hydrogen-bond acceptors (Lipinski definition) is 11. The van der Waals surface area contributed by atoms with Crippen LogP contribution in [0, 0.1) is 6.92 Å². The average molecular weight is 493 g/mol. The number of hydrogen-bond donors (Lipinski definition) is 4. The van der Waals surface area contributed by atoms with Gasteiger partial charge in [0.2, 0.25) is 5.91 Å². The van der Waals surface area contributed by atoms with Crippen molar-refractivity contribution in [2.45, 2.75) is 24.9 Å². The van der Waals surface area contributed by atoms with E-state index >= 15 is 0 Å². The number of likely N-dealkylation sites (tertiary alicyclic amines) is 1. The van der Waals surface area contributed by atoms with Gasteiger partial charge in [-0.1, -0.05) is 0 Å². The Hall–Kier alpha value is -2.60. The van der Waals surface area contributed by atoms with Crippen molar-refractivity contribution in [3.63, 3.8) is 0 Å². The van der Waals surface area contributed by atoms with Crippen LogP contribution in [0.2, 0.25) is 0 Å². The van der Waals surface area contributed by atoms with E-state index in [0.29, 0.717) is 11.4 Å². The minimum absolute atomic E-state index is 0.145. The van der Waals surface area contributed by atoms with Crippen LogP contribution in [0.25, 0.3) is 0 Å². The van der Waals surface area contributed by atoms with Crippen molar-refractivity contribution < 1.29 is 27.6 Å². The van der Waals surface area contributed by atoms with Gasteiger partial charge in [-0.2, -0.15) is 12.8 Å². The zero-order chi connectivity index (χ0) is 22.9. The maximum atomic E-state index is 12.6. The number of nitrogens with zero attached hydrogens (tertiary/aromatic N) is 4. The molecule has 3 atom stereocenters. The first-order valence-corrected chi connectivity index (χ1v) is 12.2. The molecule has 3 unspecified atom stereocenters. The summed E-state index contributed by atoms with van der Waals surface area (Å²) in [5.41, 5.74) is 11.6. The van der Waals surface area contributed by atoms with Crippen LogP contribution >= 0.6 is 11.5 Å². The molecule has 0 saturated carbocycles. The van der Waals surface area contributed by atoms with Gasteiger partial charge in [0, 0.05) is 11.1 Å². The highest BCUT2D eigenvalue weighted by Gasteiger charge is 2.49. The van der Waals surface area contributed by atoms with E-state index in [-0.39, 0.29) is 18.0 Å². The van der Waals surface area contributed by atoms with E-state index in [4.69, 9.17) is 16.3 Å². The second kappa shape index (κ2) is 8.87.